The van der Waals surface area contributed by atoms with Crippen LogP contribution in [-0.4, -0.2) is 32.6 Å². The Kier molecular flexibility index (Phi) is 28.5. The summed E-state index contributed by atoms with van der Waals surface area (Å²) in [6, 6.07) is 0.960. The molecule has 0 saturated carbocycles. The highest BCUT2D eigenvalue weighted by Crippen LogP contribution is 2.23. The summed E-state index contributed by atoms with van der Waals surface area (Å²) in [7, 11) is -2.18. The van der Waals surface area contributed by atoms with E-state index in [1.54, 1.807) is 0 Å². The molecule has 1 saturated heterocycles. The second-order valence-electron chi connectivity index (χ2n) is 13.4. The number of hydroxylamine groups is 1. The molecular formula is C36H73NO3SSi. The molecule has 0 spiro atoms. The molecule has 1 heterocycles. The molecule has 250 valence electrons. The van der Waals surface area contributed by atoms with E-state index < -0.39 is 8.56 Å². The van der Waals surface area contributed by atoms with Crippen LogP contribution in [-0.2, 0) is 13.7 Å². The number of unbranched alkanes of at least 4 members (excludes halogenated alkanes) is 21. The highest BCUT2D eigenvalue weighted by molar-refractivity contribution is 8.13. The maximum absolute atomic E-state index is 12.3. The molecule has 1 N–H and O–H groups in total. The summed E-state index contributed by atoms with van der Waals surface area (Å²) >= 11 is 1.53. The van der Waals surface area contributed by atoms with Gasteiger partial charge in [0.2, 0.25) is 0 Å². The summed E-state index contributed by atoms with van der Waals surface area (Å²) in [6.07, 6.45) is 35.7. The van der Waals surface area contributed by atoms with E-state index in [1.807, 2.05) is 0 Å². The Morgan fingerprint density at radius 2 is 1.17 bits per heavy atom. The second-order valence-corrected chi connectivity index (χ2v) is 17.8. The fraction of sp³-hybridized carbons (Fsp3) is 0.972. The Balaban J connectivity index is 1.93. The minimum Gasteiger partial charge on any atom is -0.394 e. The monoisotopic (exact) mass is 628 g/mol. The first-order valence-electron chi connectivity index (χ1n) is 18.8. The van der Waals surface area contributed by atoms with Gasteiger partial charge in [0.25, 0.3) is 0 Å². The largest absolute Gasteiger partial charge is 0.394 e. The van der Waals surface area contributed by atoms with Gasteiger partial charge >= 0.3 is 8.56 Å². The predicted molar refractivity (Wildman–Crippen MR) is 188 cm³/mol. The third kappa shape index (κ3) is 25.4. The fourth-order valence-corrected chi connectivity index (χ4v) is 9.24. The molecule has 4 nitrogen and oxygen atoms in total. The number of rotatable bonds is 29. The van der Waals surface area contributed by atoms with Gasteiger partial charge in [-0.25, -0.2) is 5.48 Å². The van der Waals surface area contributed by atoms with Crippen molar-refractivity contribution in [2.24, 2.45) is 5.92 Å². The molecule has 6 heteroatoms. The molecule has 1 fully saturated rings. The number of carbonyl (C=O) groups is 1. The van der Waals surface area contributed by atoms with Gasteiger partial charge in [-0.2, -0.15) is 0 Å². The van der Waals surface area contributed by atoms with E-state index in [2.05, 4.69) is 25.9 Å². The Hall–Kier alpha value is 0.117. The first-order chi connectivity index (χ1) is 20.6. The van der Waals surface area contributed by atoms with Crippen LogP contribution in [0.25, 0.3) is 0 Å². The van der Waals surface area contributed by atoms with E-state index in [9.17, 15) is 4.79 Å². The van der Waals surface area contributed by atoms with Crippen molar-refractivity contribution >= 4 is 25.4 Å². The molecule has 2 atom stereocenters. The van der Waals surface area contributed by atoms with Crippen LogP contribution in [0, 0.1) is 5.92 Å². The molecule has 0 aromatic heterocycles. The van der Waals surface area contributed by atoms with Crippen molar-refractivity contribution in [2.75, 3.05) is 18.9 Å². The summed E-state index contributed by atoms with van der Waals surface area (Å²) in [5, 5.41) is 0.373. The zero-order valence-electron chi connectivity index (χ0n) is 28.6. The van der Waals surface area contributed by atoms with Crippen LogP contribution in [0.5, 0.6) is 0 Å². The Morgan fingerprint density at radius 1 is 0.690 bits per heavy atom. The van der Waals surface area contributed by atoms with Gasteiger partial charge < -0.3 is 8.95 Å². The maximum Gasteiger partial charge on any atom is 0.355 e. The fourth-order valence-electron chi connectivity index (χ4n) is 6.11. The van der Waals surface area contributed by atoms with Crippen molar-refractivity contribution in [3.8, 4) is 0 Å². The second kappa shape index (κ2) is 29.8. The van der Waals surface area contributed by atoms with Gasteiger partial charge in [0.05, 0.1) is 0 Å². The van der Waals surface area contributed by atoms with Crippen LogP contribution in [0.1, 0.15) is 187 Å². The first kappa shape index (κ1) is 40.1. The van der Waals surface area contributed by atoms with Gasteiger partial charge in [-0.05, 0) is 44.2 Å². The topological polar surface area (TPSA) is 47.6 Å². The average molecular weight is 628 g/mol. The lowest BCUT2D eigenvalue weighted by Crippen LogP contribution is -2.47. The molecule has 42 heavy (non-hydrogen) atoms. The number of carbonyl (C=O) groups excluding carboxylic acids is 1. The smallest absolute Gasteiger partial charge is 0.355 e. The number of thioether (sulfide) groups is 1. The van der Waals surface area contributed by atoms with Gasteiger partial charge in [-0.15, -0.1) is 0 Å². The third-order valence-corrected chi connectivity index (χ3v) is 12.8. The van der Waals surface area contributed by atoms with E-state index in [4.69, 9.17) is 8.95 Å². The Morgan fingerprint density at radius 3 is 1.69 bits per heavy atom. The molecule has 1 aliphatic rings. The van der Waals surface area contributed by atoms with E-state index >= 15 is 0 Å². The average Bonchev–Trinajstić information content (AvgIpc) is 2.97. The molecular weight excluding hydrogens is 555 g/mol. The lowest BCUT2D eigenvalue weighted by Gasteiger charge is -2.31. The molecule has 1 rings (SSSR count). The van der Waals surface area contributed by atoms with E-state index in [0.717, 1.165) is 50.6 Å². The van der Waals surface area contributed by atoms with Crippen LogP contribution < -0.4 is 5.48 Å². The van der Waals surface area contributed by atoms with Crippen molar-refractivity contribution in [3.63, 3.8) is 0 Å². The molecule has 0 aromatic carbocycles. The summed E-state index contributed by atoms with van der Waals surface area (Å²) in [5.74, 6) is 1.56. The minimum atomic E-state index is -2.18. The van der Waals surface area contributed by atoms with Gasteiger partial charge in [0.15, 0.2) is 5.12 Å². The van der Waals surface area contributed by atoms with Gasteiger partial charge in [0, 0.05) is 25.3 Å². The lowest BCUT2D eigenvalue weighted by atomic mass is 9.97. The van der Waals surface area contributed by atoms with Crippen LogP contribution >= 0.6 is 11.8 Å². The maximum atomic E-state index is 12.3. The molecule has 0 radical (unpaired) electrons. The molecule has 0 aliphatic carbocycles. The van der Waals surface area contributed by atoms with E-state index in [-0.39, 0.29) is 0 Å². The predicted octanol–water partition coefficient (Wildman–Crippen LogP) is 12.1. The number of hydrogen-bond donors (Lipinski definition) is 1. The third-order valence-electron chi connectivity index (χ3n) is 9.08. The quantitative estimate of drug-likeness (QED) is 0.0660. The van der Waals surface area contributed by atoms with Crippen molar-refractivity contribution in [1.29, 1.82) is 0 Å². The normalized spacial score (nSPS) is 19.5. The summed E-state index contributed by atoms with van der Waals surface area (Å²) < 4.78 is 12.5. The number of hydrogen-bond acceptors (Lipinski definition) is 5. The lowest BCUT2D eigenvalue weighted by molar-refractivity contribution is -0.111. The molecule has 0 bridgehead atoms. The summed E-state index contributed by atoms with van der Waals surface area (Å²) in [4.78, 5) is 12.3. The van der Waals surface area contributed by atoms with Crippen LogP contribution in [0.3, 0.4) is 0 Å². The Bertz CT molecular complexity index is 584. The Labute approximate surface area is 268 Å². The SMILES string of the molecule is CCCCCCCCCCCCCCCC(=O)SCCC[Si]1(C)OCCC(CCCCCCCCCCCC)CNO1. The van der Waals surface area contributed by atoms with E-state index in [0.29, 0.717) is 11.0 Å². The van der Waals surface area contributed by atoms with Gasteiger partial charge in [-0.3, -0.25) is 4.79 Å². The van der Waals surface area contributed by atoms with Crippen molar-refractivity contribution in [1.82, 2.24) is 5.48 Å². The van der Waals surface area contributed by atoms with Crippen molar-refractivity contribution in [3.05, 3.63) is 0 Å². The van der Waals surface area contributed by atoms with Crippen LogP contribution in [0.2, 0.25) is 12.6 Å². The molecule has 0 aromatic rings. The number of nitrogens with one attached hydrogen (secondary N) is 1. The zero-order valence-corrected chi connectivity index (χ0v) is 30.4. The van der Waals surface area contributed by atoms with Gasteiger partial charge in [-0.1, -0.05) is 167 Å². The van der Waals surface area contributed by atoms with E-state index in [1.165, 1.54) is 159 Å². The van der Waals surface area contributed by atoms with Crippen LogP contribution in [0.4, 0.5) is 0 Å². The van der Waals surface area contributed by atoms with Crippen molar-refractivity contribution < 1.29 is 13.7 Å². The summed E-state index contributed by atoms with van der Waals surface area (Å²) in [6.45, 7) is 8.54. The summed E-state index contributed by atoms with van der Waals surface area (Å²) in [5.41, 5.74) is 3.29. The molecule has 0 amide bonds. The van der Waals surface area contributed by atoms with Crippen LogP contribution in [0.15, 0.2) is 0 Å². The molecule has 2 unspecified atom stereocenters. The van der Waals surface area contributed by atoms with Gasteiger partial charge in [0.1, 0.15) is 0 Å². The standard InChI is InChI=1S/C36H73NO3SSi/c1-4-6-8-10-12-14-16-17-18-20-22-24-26-29-36(38)41-32-27-33-42(3)39-31-30-35(34-37-40-42)28-25-23-21-19-15-13-11-9-7-5-2/h35,37H,4-34H2,1-3H3. The highest BCUT2D eigenvalue weighted by Gasteiger charge is 2.33. The minimum absolute atomic E-state index is 0.373. The first-order valence-corrected chi connectivity index (χ1v) is 22.3. The highest BCUT2D eigenvalue weighted by atomic mass is 32.2. The molecule has 1 aliphatic heterocycles. The van der Waals surface area contributed by atoms with Crippen molar-refractivity contribution in [2.45, 2.75) is 200 Å². The zero-order chi connectivity index (χ0) is 30.4.